The third kappa shape index (κ3) is 3.11. The van der Waals surface area contributed by atoms with Crippen LogP contribution >= 0.6 is 0 Å². The van der Waals surface area contributed by atoms with Gasteiger partial charge in [0.2, 0.25) is 5.91 Å². The second-order valence-corrected chi connectivity index (χ2v) is 6.41. The van der Waals surface area contributed by atoms with Crippen molar-refractivity contribution in [3.05, 3.63) is 11.6 Å². The molecule has 2 amide bonds. The van der Waals surface area contributed by atoms with Gasteiger partial charge in [0.1, 0.15) is 17.4 Å². The number of amides is 2. The van der Waals surface area contributed by atoms with Crippen molar-refractivity contribution in [3.63, 3.8) is 0 Å². The maximum absolute atomic E-state index is 12.4. The molecule has 1 N–H and O–H groups in total. The average molecular weight is 318 g/mol. The fourth-order valence-corrected chi connectivity index (χ4v) is 2.99. The Morgan fingerprint density at radius 2 is 2.04 bits per heavy atom. The maximum atomic E-state index is 12.4. The van der Waals surface area contributed by atoms with E-state index in [-0.39, 0.29) is 17.9 Å². The van der Waals surface area contributed by atoms with Gasteiger partial charge in [0.15, 0.2) is 0 Å². The lowest BCUT2D eigenvalue weighted by Gasteiger charge is -2.27. The van der Waals surface area contributed by atoms with Crippen LogP contribution in [0.2, 0.25) is 0 Å². The Bertz CT molecular complexity index is 663. The summed E-state index contributed by atoms with van der Waals surface area (Å²) in [6.07, 6.45) is 2.37. The lowest BCUT2D eigenvalue weighted by molar-refractivity contribution is -0.130. The molecule has 2 aliphatic heterocycles. The first-order chi connectivity index (χ1) is 11.0. The largest absolute Gasteiger partial charge is 0.346 e. The van der Waals surface area contributed by atoms with Crippen LogP contribution in [-0.2, 0) is 22.6 Å². The highest BCUT2D eigenvalue weighted by atomic mass is 16.2. The predicted molar refractivity (Wildman–Crippen MR) is 83.8 cm³/mol. The van der Waals surface area contributed by atoms with E-state index in [2.05, 4.69) is 39.0 Å². The van der Waals surface area contributed by atoms with Gasteiger partial charge in [-0.3, -0.25) is 9.59 Å². The second-order valence-electron chi connectivity index (χ2n) is 6.41. The Kier molecular flexibility index (Phi) is 4.14. The van der Waals surface area contributed by atoms with Gasteiger partial charge in [-0.25, -0.2) is 5.01 Å². The van der Waals surface area contributed by atoms with E-state index in [1.807, 2.05) is 0 Å². The molecule has 0 saturated heterocycles. The van der Waals surface area contributed by atoms with Crippen LogP contribution < -0.4 is 5.32 Å². The first-order valence-corrected chi connectivity index (χ1v) is 8.02. The SMILES string of the molecule is CC(C)c1nnc2n1C[C@H](NC(=O)C1=NN(C)C(=O)CC1)CC2. The summed E-state index contributed by atoms with van der Waals surface area (Å²) in [6, 6.07) is 0.0362. The zero-order valence-electron chi connectivity index (χ0n) is 13.7. The number of hydrogen-bond donors (Lipinski definition) is 1. The molecule has 0 unspecified atom stereocenters. The highest BCUT2D eigenvalue weighted by molar-refractivity contribution is 6.39. The number of fused-ring (bicyclic) bond motifs is 1. The van der Waals surface area contributed by atoms with Crippen LogP contribution in [0.15, 0.2) is 5.10 Å². The van der Waals surface area contributed by atoms with E-state index in [0.29, 0.717) is 31.0 Å². The Morgan fingerprint density at radius 3 is 2.74 bits per heavy atom. The molecule has 2 aliphatic rings. The van der Waals surface area contributed by atoms with Crippen LogP contribution in [0.3, 0.4) is 0 Å². The molecule has 0 bridgehead atoms. The van der Waals surface area contributed by atoms with Gasteiger partial charge >= 0.3 is 0 Å². The molecule has 0 spiro atoms. The number of aryl methyl sites for hydroxylation is 1. The maximum Gasteiger partial charge on any atom is 0.267 e. The molecule has 8 nitrogen and oxygen atoms in total. The average Bonchev–Trinajstić information content (AvgIpc) is 2.93. The van der Waals surface area contributed by atoms with Crippen molar-refractivity contribution in [2.75, 3.05) is 7.05 Å². The quantitative estimate of drug-likeness (QED) is 0.875. The number of nitrogens with zero attached hydrogens (tertiary/aromatic N) is 5. The summed E-state index contributed by atoms with van der Waals surface area (Å²) in [5, 5.41) is 16.8. The predicted octanol–water partition coefficient (Wildman–Crippen LogP) is 0.441. The topological polar surface area (TPSA) is 92.5 Å². The number of carbonyl (C=O) groups excluding carboxylic acids is 2. The number of nitrogens with one attached hydrogen (secondary N) is 1. The van der Waals surface area contributed by atoms with Crippen molar-refractivity contribution < 1.29 is 9.59 Å². The van der Waals surface area contributed by atoms with E-state index in [1.165, 1.54) is 5.01 Å². The van der Waals surface area contributed by atoms with Gasteiger partial charge in [0.25, 0.3) is 5.91 Å². The Morgan fingerprint density at radius 1 is 1.26 bits per heavy atom. The summed E-state index contributed by atoms with van der Waals surface area (Å²) >= 11 is 0. The van der Waals surface area contributed by atoms with Crippen molar-refractivity contribution in [2.45, 2.75) is 58.0 Å². The van der Waals surface area contributed by atoms with E-state index in [4.69, 9.17) is 0 Å². The molecular weight excluding hydrogens is 296 g/mol. The number of hydrazone groups is 1. The van der Waals surface area contributed by atoms with E-state index < -0.39 is 0 Å². The number of hydrogen-bond acceptors (Lipinski definition) is 5. The van der Waals surface area contributed by atoms with Crippen LogP contribution in [0.4, 0.5) is 0 Å². The summed E-state index contributed by atoms with van der Waals surface area (Å²) in [5.41, 5.74) is 0.422. The van der Waals surface area contributed by atoms with Gasteiger partial charge in [0, 0.05) is 44.8 Å². The molecule has 0 aliphatic carbocycles. The third-order valence-corrected chi connectivity index (χ3v) is 4.30. The molecule has 0 fully saturated rings. The fourth-order valence-electron chi connectivity index (χ4n) is 2.99. The van der Waals surface area contributed by atoms with Crippen molar-refractivity contribution in [3.8, 4) is 0 Å². The minimum atomic E-state index is -0.183. The number of rotatable bonds is 3. The zero-order valence-corrected chi connectivity index (χ0v) is 13.7. The van der Waals surface area contributed by atoms with E-state index >= 15 is 0 Å². The zero-order chi connectivity index (χ0) is 16.6. The molecule has 0 radical (unpaired) electrons. The molecule has 3 heterocycles. The molecule has 0 aromatic carbocycles. The molecule has 1 aromatic rings. The van der Waals surface area contributed by atoms with Gasteiger partial charge in [-0.2, -0.15) is 5.10 Å². The summed E-state index contributed by atoms with van der Waals surface area (Å²) in [4.78, 5) is 23.8. The van der Waals surface area contributed by atoms with Crippen molar-refractivity contribution in [2.24, 2.45) is 5.10 Å². The number of aromatic nitrogens is 3. The minimum Gasteiger partial charge on any atom is -0.346 e. The van der Waals surface area contributed by atoms with Crippen LogP contribution in [0, 0.1) is 0 Å². The van der Waals surface area contributed by atoms with E-state index in [0.717, 1.165) is 24.5 Å². The molecule has 1 atom stereocenters. The minimum absolute atomic E-state index is 0.0362. The Labute approximate surface area is 134 Å². The Hall–Kier alpha value is -2.25. The van der Waals surface area contributed by atoms with Crippen LogP contribution in [0.5, 0.6) is 0 Å². The highest BCUT2D eigenvalue weighted by Crippen LogP contribution is 2.20. The molecule has 3 rings (SSSR count). The monoisotopic (exact) mass is 318 g/mol. The van der Waals surface area contributed by atoms with Gasteiger partial charge in [-0.15, -0.1) is 10.2 Å². The van der Waals surface area contributed by atoms with Crippen LogP contribution in [-0.4, -0.2) is 50.4 Å². The first kappa shape index (κ1) is 15.6. The highest BCUT2D eigenvalue weighted by Gasteiger charge is 2.27. The summed E-state index contributed by atoms with van der Waals surface area (Å²) in [5.74, 6) is 2.00. The van der Waals surface area contributed by atoms with Crippen molar-refractivity contribution in [1.82, 2.24) is 25.1 Å². The van der Waals surface area contributed by atoms with Gasteiger partial charge in [0.05, 0.1) is 0 Å². The van der Waals surface area contributed by atoms with Crippen LogP contribution in [0.1, 0.15) is 50.7 Å². The van der Waals surface area contributed by atoms with Crippen molar-refractivity contribution >= 4 is 17.5 Å². The first-order valence-electron chi connectivity index (χ1n) is 8.02. The van der Waals surface area contributed by atoms with Crippen molar-refractivity contribution in [1.29, 1.82) is 0 Å². The molecule has 1 aromatic heterocycles. The molecule has 0 saturated carbocycles. The summed E-state index contributed by atoms with van der Waals surface area (Å²) in [6.45, 7) is 4.86. The standard InChI is InChI=1S/C15H22N6O2/c1-9(2)14-18-17-12-6-4-10(8-21(12)14)16-15(23)11-5-7-13(22)20(3)19-11/h9-10H,4-8H2,1-3H3,(H,16,23)/t10-/m1/s1. The molecule has 23 heavy (non-hydrogen) atoms. The molecule has 124 valence electrons. The Balaban J connectivity index is 1.68. The summed E-state index contributed by atoms with van der Waals surface area (Å²) < 4.78 is 2.11. The fraction of sp³-hybridized carbons (Fsp3) is 0.667. The summed E-state index contributed by atoms with van der Waals surface area (Å²) in [7, 11) is 1.58. The van der Waals surface area contributed by atoms with E-state index in [9.17, 15) is 9.59 Å². The molecular formula is C15H22N6O2. The van der Waals surface area contributed by atoms with Gasteiger partial charge < -0.3 is 9.88 Å². The second kappa shape index (κ2) is 6.10. The van der Waals surface area contributed by atoms with E-state index in [1.54, 1.807) is 7.05 Å². The lowest BCUT2D eigenvalue weighted by Crippen LogP contribution is -2.45. The third-order valence-electron chi connectivity index (χ3n) is 4.30. The number of carbonyl (C=O) groups is 2. The van der Waals surface area contributed by atoms with Gasteiger partial charge in [-0.1, -0.05) is 13.8 Å². The normalized spacial score (nSPS) is 21.2. The molecule has 8 heteroatoms. The lowest BCUT2D eigenvalue weighted by atomic mass is 10.0. The smallest absolute Gasteiger partial charge is 0.267 e. The van der Waals surface area contributed by atoms with Gasteiger partial charge in [-0.05, 0) is 6.42 Å². The van der Waals surface area contributed by atoms with Crippen LogP contribution in [0.25, 0.3) is 0 Å².